The van der Waals surface area contributed by atoms with Crippen molar-refractivity contribution in [1.82, 2.24) is 10.2 Å². The van der Waals surface area contributed by atoms with Crippen molar-refractivity contribution in [2.45, 2.75) is 18.5 Å². The number of likely N-dealkylation sites (tertiary alicyclic amines) is 1. The zero-order chi connectivity index (χ0) is 18.9. The molecule has 2 aliphatic heterocycles. The molecule has 0 radical (unpaired) electrons. The van der Waals surface area contributed by atoms with E-state index in [1.165, 1.54) is 0 Å². The number of nitrogens with zero attached hydrogens (tertiary/aromatic N) is 2. The molecule has 0 bridgehead atoms. The quantitative estimate of drug-likeness (QED) is 0.836. The van der Waals surface area contributed by atoms with Crippen molar-refractivity contribution in [2.75, 3.05) is 18.4 Å². The lowest BCUT2D eigenvalue weighted by Gasteiger charge is -2.37. The van der Waals surface area contributed by atoms with Crippen molar-refractivity contribution in [3.05, 3.63) is 65.2 Å². The van der Waals surface area contributed by atoms with Crippen LogP contribution in [0.1, 0.15) is 18.4 Å². The Bertz CT molecular complexity index is 905. The summed E-state index contributed by atoms with van der Waals surface area (Å²) in [7, 11) is 0. The summed E-state index contributed by atoms with van der Waals surface area (Å²) < 4.78 is 0. The molecular formula is C20H19ClN4O2. The molecule has 6 nitrogen and oxygen atoms in total. The molecule has 1 fully saturated rings. The third kappa shape index (κ3) is 3.53. The third-order valence-corrected chi connectivity index (χ3v) is 5.26. The van der Waals surface area contributed by atoms with Crippen LogP contribution in [0, 0.1) is 0 Å². The standard InChI is InChI=1S/C20H19ClN4O2/c21-15-8-4-5-9-16(15)22-19(27)25-12-10-20(11-13-25)23-17(18(26)24-20)14-6-2-1-3-7-14/h1-9H,10-13H2,(H,22,27)(H,24,26). The summed E-state index contributed by atoms with van der Waals surface area (Å²) in [5.74, 6) is -0.157. The largest absolute Gasteiger partial charge is 0.326 e. The van der Waals surface area contributed by atoms with Crippen LogP contribution in [0.25, 0.3) is 0 Å². The average molecular weight is 383 g/mol. The summed E-state index contributed by atoms with van der Waals surface area (Å²) in [6, 6.07) is 16.4. The van der Waals surface area contributed by atoms with Gasteiger partial charge in [0.05, 0.1) is 10.7 Å². The molecule has 0 unspecified atom stereocenters. The molecule has 27 heavy (non-hydrogen) atoms. The van der Waals surface area contributed by atoms with Gasteiger partial charge in [-0.15, -0.1) is 0 Å². The number of rotatable bonds is 2. The molecule has 1 saturated heterocycles. The average Bonchev–Trinajstić information content (AvgIpc) is 3.00. The molecule has 2 N–H and O–H groups in total. The second kappa shape index (κ2) is 7.04. The van der Waals surface area contributed by atoms with E-state index in [1.807, 2.05) is 42.5 Å². The predicted molar refractivity (Wildman–Crippen MR) is 105 cm³/mol. The maximum Gasteiger partial charge on any atom is 0.321 e. The molecule has 2 aromatic rings. The smallest absolute Gasteiger partial charge is 0.321 e. The summed E-state index contributed by atoms with van der Waals surface area (Å²) in [6.07, 6.45) is 1.15. The van der Waals surface area contributed by atoms with E-state index in [-0.39, 0.29) is 11.9 Å². The van der Waals surface area contributed by atoms with E-state index < -0.39 is 5.66 Å². The highest BCUT2D eigenvalue weighted by molar-refractivity contribution is 6.46. The molecule has 2 heterocycles. The molecule has 0 aliphatic carbocycles. The third-order valence-electron chi connectivity index (χ3n) is 4.93. The molecule has 0 atom stereocenters. The number of carbonyl (C=O) groups is 2. The molecule has 4 rings (SSSR count). The van der Waals surface area contributed by atoms with Crippen LogP contribution >= 0.6 is 11.6 Å². The Hall–Kier alpha value is -2.86. The Morgan fingerprint density at radius 2 is 1.74 bits per heavy atom. The van der Waals surface area contributed by atoms with Crippen LogP contribution in [0.4, 0.5) is 10.5 Å². The number of halogens is 1. The van der Waals surface area contributed by atoms with E-state index in [0.29, 0.717) is 42.4 Å². The van der Waals surface area contributed by atoms with Crippen molar-refractivity contribution >= 4 is 34.9 Å². The molecule has 7 heteroatoms. The van der Waals surface area contributed by atoms with E-state index in [2.05, 4.69) is 10.6 Å². The second-order valence-electron chi connectivity index (χ2n) is 6.71. The molecule has 2 aromatic carbocycles. The van der Waals surface area contributed by atoms with Gasteiger partial charge in [-0.3, -0.25) is 9.79 Å². The Morgan fingerprint density at radius 3 is 2.44 bits per heavy atom. The first-order valence-electron chi connectivity index (χ1n) is 8.85. The lowest BCUT2D eigenvalue weighted by Crippen LogP contribution is -2.53. The van der Waals surface area contributed by atoms with E-state index in [0.717, 1.165) is 5.56 Å². The van der Waals surface area contributed by atoms with Gasteiger partial charge in [0.25, 0.3) is 5.91 Å². The Balaban J connectivity index is 1.43. The molecular weight excluding hydrogens is 364 g/mol. The van der Waals surface area contributed by atoms with Gasteiger partial charge in [0.1, 0.15) is 11.4 Å². The van der Waals surface area contributed by atoms with Gasteiger partial charge in [0.15, 0.2) is 0 Å². The van der Waals surface area contributed by atoms with Gasteiger partial charge in [-0.2, -0.15) is 0 Å². The first kappa shape index (κ1) is 17.5. The zero-order valence-electron chi connectivity index (χ0n) is 14.6. The number of nitrogens with one attached hydrogen (secondary N) is 2. The van der Waals surface area contributed by atoms with Crippen LogP contribution in [0.2, 0.25) is 5.02 Å². The monoisotopic (exact) mass is 382 g/mol. The fourth-order valence-electron chi connectivity index (χ4n) is 3.43. The molecule has 2 aliphatic rings. The van der Waals surface area contributed by atoms with Crippen LogP contribution in [0.5, 0.6) is 0 Å². The van der Waals surface area contributed by atoms with E-state index in [4.69, 9.17) is 16.6 Å². The molecule has 0 aromatic heterocycles. The van der Waals surface area contributed by atoms with Crippen LogP contribution in [-0.4, -0.2) is 41.3 Å². The normalized spacial score (nSPS) is 18.2. The summed E-state index contributed by atoms with van der Waals surface area (Å²) in [5.41, 5.74) is 1.24. The SMILES string of the molecule is O=C1NC2(CCN(C(=O)Nc3ccccc3Cl)CC2)N=C1c1ccccc1. The zero-order valence-corrected chi connectivity index (χ0v) is 15.4. The van der Waals surface area contributed by atoms with Gasteiger partial charge in [-0.1, -0.05) is 54.1 Å². The Labute approximate surface area is 162 Å². The van der Waals surface area contributed by atoms with Crippen molar-refractivity contribution in [3.8, 4) is 0 Å². The second-order valence-corrected chi connectivity index (χ2v) is 7.12. The van der Waals surface area contributed by atoms with E-state index >= 15 is 0 Å². The number of piperidine rings is 1. The van der Waals surface area contributed by atoms with Crippen molar-refractivity contribution in [3.63, 3.8) is 0 Å². The summed E-state index contributed by atoms with van der Waals surface area (Å²) in [5, 5.41) is 6.35. The molecule has 1 spiro atoms. The van der Waals surface area contributed by atoms with Gasteiger partial charge < -0.3 is 15.5 Å². The summed E-state index contributed by atoms with van der Waals surface area (Å²) in [6.45, 7) is 1.00. The minimum absolute atomic E-state index is 0.157. The summed E-state index contributed by atoms with van der Waals surface area (Å²) in [4.78, 5) is 31.3. The molecule has 3 amide bonds. The number of urea groups is 1. The van der Waals surface area contributed by atoms with E-state index in [9.17, 15) is 9.59 Å². The number of hydrogen-bond acceptors (Lipinski definition) is 3. The highest BCUT2D eigenvalue weighted by Crippen LogP contribution is 2.29. The number of hydrogen-bond donors (Lipinski definition) is 2. The first-order chi connectivity index (χ1) is 13.1. The predicted octanol–water partition coefficient (Wildman–Crippen LogP) is 3.28. The Kier molecular flexibility index (Phi) is 4.58. The minimum Gasteiger partial charge on any atom is -0.326 e. The fourth-order valence-corrected chi connectivity index (χ4v) is 3.61. The summed E-state index contributed by atoms with van der Waals surface area (Å²) >= 11 is 6.10. The highest BCUT2D eigenvalue weighted by atomic mass is 35.5. The number of aliphatic imine (C=N–C) groups is 1. The highest BCUT2D eigenvalue weighted by Gasteiger charge is 2.42. The topological polar surface area (TPSA) is 73.8 Å². The maximum atomic E-state index is 12.5. The van der Waals surface area contributed by atoms with Crippen LogP contribution in [0.15, 0.2) is 59.6 Å². The van der Waals surface area contributed by atoms with Crippen LogP contribution < -0.4 is 10.6 Å². The number of benzene rings is 2. The first-order valence-corrected chi connectivity index (χ1v) is 9.22. The van der Waals surface area contributed by atoms with Crippen molar-refractivity contribution < 1.29 is 9.59 Å². The van der Waals surface area contributed by atoms with Crippen LogP contribution in [-0.2, 0) is 4.79 Å². The van der Waals surface area contributed by atoms with E-state index in [1.54, 1.807) is 17.0 Å². The van der Waals surface area contributed by atoms with Crippen LogP contribution in [0.3, 0.4) is 0 Å². The minimum atomic E-state index is -0.622. The van der Waals surface area contributed by atoms with Crippen molar-refractivity contribution in [2.24, 2.45) is 4.99 Å². The van der Waals surface area contributed by atoms with Gasteiger partial charge in [0.2, 0.25) is 0 Å². The van der Waals surface area contributed by atoms with Crippen molar-refractivity contribution in [1.29, 1.82) is 0 Å². The molecule has 138 valence electrons. The van der Waals surface area contributed by atoms with Gasteiger partial charge in [-0.05, 0) is 12.1 Å². The fraction of sp³-hybridized carbons (Fsp3) is 0.250. The Morgan fingerprint density at radius 1 is 1.07 bits per heavy atom. The number of carbonyl (C=O) groups excluding carboxylic acids is 2. The van der Waals surface area contributed by atoms with Gasteiger partial charge in [0, 0.05) is 31.5 Å². The number of amides is 3. The number of para-hydroxylation sites is 1. The van der Waals surface area contributed by atoms with Gasteiger partial charge >= 0.3 is 6.03 Å². The molecule has 0 saturated carbocycles. The number of anilines is 1. The lowest BCUT2D eigenvalue weighted by molar-refractivity contribution is -0.115. The van der Waals surface area contributed by atoms with Gasteiger partial charge in [-0.25, -0.2) is 4.79 Å². The lowest BCUT2D eigenvalue weighted by atomic mass is 9.98. The maximum absolute atomic E-state index is 12.5.